The van der Waals surface area contributed by atoms with Gasteiger partial charge in [0, 0.05) is 25.3 Å². The molecule has 1 aliphatic rings. The van der Waals surface area contributed by atoms with Crippen molar-refractivity contribution >= 4 is 34.6 Å². The van der Waals surface area contributed by atoms with E-state index in [9.17, 15) is 4.79 Å². The number of carbonyl (C=O) groups excluding carboxylic acids is 1. The van der Waals surface area contributed by atoms with Gasteiger partial charge >= 0.3 is 0 Å². The Balaban J connectivity index is 1.85. The Morgan fingerprint density at radius 3 is 3.04 bits per heavy atom. The lowest BCUT2D eigenvalue weighted by atomic mass is 10.1. The van der Waals surface area contributed by atoms with Crippen LogP contribution in [0, 0.1) is 0 Å². The van der Waals surface area contributed by atoms with Crippen molar-refractivity contribution in [3.63, 3.8) is 0 Å². The average Bonchev–Trinajstić information content (AvgIpc) is 2.57. The van der Waals surface area contributed by atoms with E-state index >= 15 is 0 Å². The fourth-order valence-electron chi connectivity index (χ4n) is 2.72. The highest BCUT2D eigenvalue weighted by molar-refractivity contribution is 6.28. The van der Waals surface area contributed by atoms with Crippen LogP contribution in [0.15, 0.2) is 24.7 Å². The van der Waals surface area contributed by atoms with Crippen molar-refractivity contribution in [2.24, 2.45) is 5.73 Å². The summed E-state index contributed by atoms with van der Waals surface area (Å²) in [5, 5.41) is 2.76. The van der Waals surface area contributed by atoms with Crippen molar-refractivity contribution < 1.29 is 4.79 Å². The first kappa shape index (κ1) is 16.4. The molecule has 0 aromatic carbocycles. The molecule has 2 aromatic heterocycles. The Bertz CT molecular complexity index is 754. The van der Waals surface area contributed by atoms with Crippen LogP contribution in [-0.2, 0) is 0 Å². The third-order valence-electron chi connectivity index (χ3n) is 3.85. The van der Waals surface area contributed by atoms with Crippen LogP contribution in [0.4, 0.5) is 17.1 Å². The standard InChI is InChI=1S/C15H18ClN7O/c16-15-20-6-10(18)13(22-15)14(24)21-11-7-19-4-3-12(11)23-5-1-2-9(17)8-23/h3-4,6-7,9H,1-2,5,8,17-18H2,(H,21,24)/t9-/m0/s1. The lowest BCUT2D eigenvalue weighted by Crippen LogP contribution is -2.43. The van der Waals surface area contributed by atoms with Crippen LogP contribution < -0.4 is 21.7 Å². The molecule has 1 amide bonds. The minimum Gasteiger partial charge on any atom is -0.396 e. The van der Waals surface area contributed by atoms with Crippen molar-refractivity contribution in [2.75, 3.05) is 29.0 Å². The zero-order valence-electron chi connectivity index (χ0n) is 12.9. The summed E-state index contributed by atoms with van der Waals surface area (Å²) in [6.07, 6.45) is 6.58. The van der Waals surface area contributed by atoms with Gasteiger partial charge in [0.05, 0.1) is 29.5 Å². The smallest absolute Gasteiger partial charge is 0.276 e. The van der Waals surface area contributed by atoms with Crippen LogP contribution >= 0.6 is 11.6 Å². The topological polar surface area (TPSA) is 123 Å². The van der Waals surface area contributed by atoms with Crippen molar-refractivity contribution in [3.8, 4) is 0 Å². The molecule has 0 saturated carbocycles. The number of piperidine rings is 1. The molecule has 8 nitrogen and oxygen atoms in total. The van der Waals surface area contributed by atoms with Gasteiger partial charge in [-0.1, -0.05) is 0 Å². The molecular weight excluding hydrogens is 330 g/mol. The molecule has 0 bridgehead atoms. The van der Waals surface area contributed by atoms with E-state index in [1.165, 1.54) is 6.20 Å². The maximum atomic E-state index is 12.5. The summed E-state index contributed by atoms with van der Waals surface area (Å²) in [5.74, 6) is -0.465. The normalized spacial score (nSPS) is 17.6. The first-order chi connectivity index (χ1) is 11.5. The molecular formula is C15H18ClN7O. The van der Waals surface area contributed by atoms with Gasteiger partial charge in [0.15, 0.2) is 5.69 Å². The fourth-order valence-corrected chi connectivity index (χ4v) is 2.85. The summed E-state index contributed by atoms with van der Waals surface area (Å²) in [5.41, 5.74) is 13.4. The van der Waals surface area contributed by atoms with E-state index in [-0.39, 0.29) is 22.7 Å². The van der Waals surface area contributed by atoms with Gasteiger partial charge < -0.3 is 21.7 Å². The number of nitrogens with two attached hydrogens (primary N) is 2. The molecule has 5 N–H and O–H groups in total. The molecule has 9 heteroatoms. The van der Waals surface area contributed by atoms with Crippen LogP contribution in [0.1, 0.15) is 23.3 Å². The summed E-state index contributed by atoms with van der Waals surface area (Å²) in [6.45, 7) is 1.61. The van der Waals surface area contributed by atoms with Crippen LogP contribution in [0.5, 0.6) is 0 Å². The number of amides is 1. The van der Waals surface area contributed by atoms with E-state index < -0.39 is 5.91 Å². The maximum Gasteiger partial charge on any atom is 0.276 e. The second-order valence-corrected chi connectivity index (χ2v) is 5.98. The van der Waals surface area contributed by atoms with Gasteiger partial charge in [0.25, 0.3) is 5.91 Å². The van der Waals surface area contributed by atoms with Crippen LogP contribution in [-0.4, -0.2) is 40.0 Å². The van der Waals surface area contributed by atoms with E-state index in [2.05, 4.69) is 25.2 Å². The summed E-state index contributed by atoms with van der Waals surface area (Å²) < 4.78 is 0. The molecule has 1 saturated heterocycles. The highest BCUT2D eigenvalue weighted by Crippen LogP contribution is 2.28. The zero-order valence-corrected chi connectivity index (χ0v) is 13.7. The van der Waals surface area contributed by atoms with E-state index in [0.717, 1.165) is 31.6 Å². The molecule has 3 rings (SSSR count). The number of rotatable bonds is 3. The molecule has 1 fully saturated rings. The highest BCUT2D eigenvalue weighted by Gasteiger charge is 2.21. The van der Waals surface area contributed by atoms with Crippen molar-refractivity contribution in [3.05, 3.63) is 35.6 Å². The molecule has 1 atom stereocenters. The third kappa shape index (κ3) is 3.55. The zero-order chi connectivity index (χ0) is 17.1. The number of carbonyl (C=O) groups is 1. The van der Waals surface area contributed by atoms with Gasteiger partial charge in [-0.05, 0) is 30.5 Å². The number of halogens is 1. The highest BCUT2D eigenvalue weighted by atomic mass is 35.5. The van der Waals surface area contributed by atoms with Gasteiger partial charge in [-0.25, -0.2) is 9.97 Å². The molecule has 126 valence electrons. The molecule has 3 heterocycles. The molecule has 24 heavy (non-hydrogen) atoms. The van der Waals surface area contributed by atoms with Gasteiger partial charge in [-0.15, -0.1) is 0 Å². The molecule has 0 unspecified atom stereocenters. The van der Waals surface area contributed by atoms with Crippen molar-refractivity contribution in [2.45, 2.75) is 18.9 Å². The third-order valence-corrected chi connectivity index (χ3v) is 4.03. The minimum absolute atomic E-state index is 0.0279. The number of hydrogen-bond acceptors (Lipinski definition) is 7. The van der Waals surface area contributed by atoms with Crippen molar-refractivity contribution in [1.82, 2.24) is 15.0 Å². The van der Waals surface area contributed by atoms with Gasteiger partial charge in [0.2, 0.25) is 5.28 Å². The number of aromatic nitrogens is 3. The summed E-state index contributed by atoms with van der Waals surface area (Å²) >= 11 is 5.74. The predicted molar refractivity (Wildman–Crippen MR) is 93.1 cm³/mol. The fraction of sp³-hybridized carbons (Fsp3) is 0.333. The van der Waals surface area contributed by atoms with E-state index in [4.69, 9.17) is 23.1 Å². The van der Waals surface area contributed by atoms with Crippen LogP contribution in [0.25, 0.3) is 0 Å². The number of nitrogens with zero attached hydrogens (tertiary/aromatic N) is 4. The Morgan fingerprint density at radius 2 is 2.25 bits per heavy atom. The summed E-state index contributed by atoms with van der Waals surface area (Å²) in [4.78, 5) is 26.3. The van der Waals surface area contributed by atoms with E-state index in [1.807, 2.05) is 6.07 Å². The second-order valence-electron chi connectivity index (χ2n) is 5.64. The number of anilines is 3. The first-order valence-electron chi connectivity index (χ1n) is 7.58. The van der Waals surface area contributed by atoms with Crippen LogP contribution in [0.3, 0.4) is 0 Å². The SMILES string of the molecule is Nc1cnc(Cl)nc1C(=O)Nc1cnccc1N1CCC[C@H](N)C1. The Labute approximate surface area is 144 Å². The van der Waals surface area contributed by atoms with E-state index in [0.29, 0.717) is 5.69 Å². The van der Waals surface area contributed by atoms with Crippen LogP contribution in [0.2, 0.25) is 5.28 Å². The number of pyridine rings is 1. The molecule has 0 spiro atoms. The summed E-state index contributed by atoms with van der Waals surface area (Å²) in [7, 11) is 0. The lowest BCUT2D eigenvalue weighted by molar-refractivity contribution is 0.102. The van der Waals surface area contributed by atoms with Gasteiger partial charge in [0.1, 0.15) is 0 Å². The largest absolute Gasteiger partial charge is 0.396 e. The minimum atomic E-state index is -0.465. The second kappa shape index (κ2) is 6.98. The summed E-state index contributed by atoms with van der Waals surface area (Å²) in [6, 6.07) is 1.97. The van der Waals surface area contributed by atoms with E-state index in [1.54, 1.807) is 12.4 Å². The Morgan fingerprint density at radius 1 is 1.42 bits per heavy atom. The molecule has 0 aliphatic carbocycles. The number of nitrogen functional groups attached to an aromatic ring is 1. The van der Waals surface area contributed by atoms with Gasteiger partial charge in [-0.3, -0.25) is 9.78 Å². The lowest BCUT2D eigenvalue weighted by Gasteiger charge is -2.33. The predicted octanol–water partition coefficient (Wildman–Crippen LogP) is 1.29. The number of hydrogen-bond donors (Lipinski definition) is 3. The maximum absolute atomic E-state index is 12.5. The number of nitrogens with one attached hydrogen (secondary N) is 1. The van der Waals surface area contributed by atoms with Crippen molar-refractivity contribution in [1.29, 1.82) is 0 Å². The Kier molecular flexibility index (Phi) is 4.77. The molecule has 1 aliphatic heterocycles. The van der Waals surface area contributed by atoms with Gasteiger partial charge in [-0.2, -0.15) is 0 Å². The molecule has 0 radical (unpaired) electrons. The molecule has 2 aromatic rings. The Hall–Kier alpha value is -2.45. The first-order valence-corrected chi connectivity index (χ1v) is 7.96. The quantitative estimate of drug-likeness (QED) is 0.714. The monoisotopic (exact) mass is 347 g/mol. The average molecular weight is 348 g/mol.